The maximum atomic E-state index is 8.99. The first-order chi connectivity index (χ1) is 5.15. The maximum Gasteiger partial charge on any atom is 0.0686 e. The summed E-state index contributed by atoms with van der Waals surface area (Å²) in [4.78, 5) is 0. The molecule has 0 spiro atoms. The zero-order valence-electron chi connectivity index (χ0n) is 7.31. The fraction of sp³-hybridized carbons (Fsp3) is 0.400. The van der Waals surface area contributed by atoms with Crippen LogP contribution in [0.3, 0.4) is 0 Å². The third-order valence-corrected chi connectivity index (χ3v) is 2.00. The number of hydrogen-bond acceptors (Lipinski definition) is 1. The molecule has 0 bridgehead atoms. The van der Waals surface area contributed by atoms with Crippen LogP contribution in [0.1, 0.15) is 22.3 Å². The first-order valence-corrected chi connectivity index (χ1v) is 3.82. The molecule has 0 atom stereocenters. The first kappa shape index (κ1) is 8.28. The second kappa shape index (κ2) is 3.05. The van der Waals surface area contributed by atoms with Gasteiger partial charge in [0.05, 0.1) is 6.61 Å². The highest BCUT2D eigenvalue weighted by Crippen LogP contribution is 2.15. The molecule has 0 aliphatic heterocycles. The molecule has 0 aromatic heterocycles. The highest BCUT2D eigenvalue weighted by molar-refractivity contribution is 5.36. The van der Waals surface area contributed by atoms with E-state index in [9.17, 15) is 0 Å². The van der Waals surface area contributed by atoms with Gasteiger partial charge in [-0.15, -0.1) is 0 Å². The molecule has 1 aromatic carbocycles. The van der Waals surface area contributed by atoms with Gasteiger partial charge < -0.3 is 5.11 Å². The standard InChI is InChI=1S/C10H14O/c1-7-4-8(2)10(6-11)9(3)5-7/h4-5,11H,6H2,1-3H3. The van der Waals surface area contributed by atoms with Gasteiger partial charge in [0.1, 0.15) is 0 Å². The van der Waals surface area contributed by atoms with Gasteiger partial charge in [-0.2, -0.15) is 0 Å². The van der Waals surface area contributed by atoms with Gasteiger partial charge in [-0.3, -0.25) is 0 Å². The third-order valence-electron chi connectivity index (χ3n) is 2.00. The summed E-state index contributed by atoms with van der Waals surface area (Å²) in [6.07, 6.45) is 0. The Hall–Kier alpha value is -0.820. The zero-order valence-corrected chi connectivity index (χ0v) is 7.31. The van der Waals surface area contributed by atoms with Gasteiger partial charge in [-0.05, 0) is 37.5 Å². The number of aryl methyl sites for hydroxylation is 3. The maximum absolute atomic E-state index is 8.99. The van der Waals surface area contributed by atoms with Crippen molar-refractivity contribution in [1.29, 1.82) is 0 Å². The molecule has 60 valence electrons. The summed E-state index contributed by atoms with van der Waals surface area (Å²) in [7, 11) is 0. The van der Waals surface area contributed by atoms with Crippen molar-refractivity contribution in [3.63, 3.8) is 0 Å². The molecule has 1 heteroatoms. The van der Waals surface area contributed by atoms with Gasteiger partial charge in [0.25, 0.3) is 0 Å². The molecule has 0 aliphatic rings. The minimum Gasteiger partial charge on any atom is -0.392 e. The SMILES string of the molecule is Cc1cc(C)c(CO)c(C)c1. The molecule has 0 heterocycles. The van der Waals surface area contributed by atoms with Crippen molar-refractivity contribution in [2.75, 3.05) is 0 Å². The number of hydrogen-bond donors (Lipinski definition) is 1. The summed E-state index contributed by atoms with van der Waals surface area (Å²) in [6, 6.07) is 4.19. The molecule has 0 saturated carbocycles. The number of benzene rings is 1. The van der Waals surface area contributed by atoms with E-state index in [4.69, 9.17) is 5.11 Å². The van der Waals surface area contributed by atoms with E-state index in [0.29, 0.717) is 0 Å². The van der Waals surface area contributed by atoms with Gasteiger partial charge in [-0.1, -0.05) is 17.7 Å². The molecule has 0 fully saturated rings. The second-order valence-corrected chi connectivity index (χ2v) is 3.04. The van der Waals surface area contributed by atoms with Crippen LogP contribution in [0.4, 0.5) is 0 Å². The Morgan fingerprint density at radius 2 is 1.55 bits per heavy atom. The Kier molecular flexibility index (Phi) is 2.30. The molecule has 1 nitrogen and oxygen atoms in total. The summed E-state index contributed by atoms with van der Waals surface area (Å²) in [5.41, 5.74) is 4.70. The Morgan fingerprint density at radius 3 is 1.91 bits per heavy atom. The van der Waals surface area contributed by atoms with Crippen LogP contribution < -0.4 is 0 Å². The Morgan fingerprint density at radius 1 is 1.09 bits per heavy atom. The normalized spacial score (nSPS) is 10.2. The van der Waals surface area contributed by atoms with Gasteiger partial charge in [0.15, 0.2) is 0 Å². The minimum absolute atomic E-state index is 0.151. The van der Waals surface area contributed by atoms with Crippen LogP contribution in [0.2, 0.25) is 0 Å². The second-order valence-electron chi connectivity index (χ2n) is 3.04. The monoisotopic (exact) mass is 150 g/mol. The van der Waals surface area contributed by atoms with Crippen molar-refractivity contribution in [2.24, 2.45) is 0 Å². The summed E-state index contributed by atoms with van der Waals surface area (Å²) in [5.74, 6) is 0. The van der Waals surface area contributed by atoms with E-state index < -0.39 is 0 Å². The van der Waals surface area contributed by atoms with Crippen LogP contribution in [0.25, 0.3) is 0 Å². The molecule has 0 amide bonds. The van der Waals surface area contributed by atoms with Crippen LogP contribution in [0.5, 0.6) is 0 Å². The average Bonchev–Trinajstić information content (AvgIpc) is 1.85. The van der Waals surface area contributed by atoms with Gasteiger partial charge in [0, 0.05) is 0 Å². The van der Waals surface area contributed by atoms with Crippen molar-refractivity contribution in [3.8, 4) is 0 Å². The molecule has 0 unspecified atom stereocenters. The molecular weight excluding hydrogens is 136 g/mol. The van der Waals surface area contributed by atoms with Gasteiger partial charge in [-0.25, -0.2) is 0 Å². The van der Waals surface area contributed by atoms with E-state index in [2.05, 4.69) is 19.1 Å². The predicted molar refractivity (Wildman–Crippen MR) is 46.6 cm³/mol. The molecule has 0 radical (unpaired) electrons. The quantitative estimate of drug-likeness (QED) is 0.650. The van der Waals surface area contributed by atoms with E-state index in [1.165, 1.54) is 16.7 Å². The van der Waals surface area contributed by atoms with E-state index in [-0.39, 0.29) is 6.61 Å². The zero-order chi connectivity index (χ0) is 8.43. The lowest BCUT2D eigenvalue weighted by molar-refractivity contribution is 0.280. The minimum atomic E-state index is 0.151. The molecule has 1 N–H and O–H groups in total. The third kappa shape index (κ3) is 1.60. The van der Waals surface area contributed by atoms with Crippen molar-refractivity contribution in [1.82, 2.24) is 0 Å². The fourth-order valence-corrected chi connectivity index (χ4v) is 1.46. The lowest BCUT2D eigenvalue weighted by atomic mass is 10.0. The highest BCUT2D eigenvalue weighted by atomic mass is 16.3. The van der Waals surface area contributed by atoms with Crippen molar-refractivity contribution < 1.29 is 5.11 Å². The fourth-order valence-electron chi connectivity index (χ4n) is 1.46. The Balaban J connectivity index is 3.25. The van der Waals surface area contributed by atoms with Crippen LogP contribution in [-0.4, -0.2) is 5.11 Å². The summed E-state index contributed by atoms with van der Waals surface area (Å²) in [6.45, 7) is 6.29. The van der Waals surface area contributed by atoms with E-state index >= 15 is 0 Å². The van der Waals surface area contributed by atoms with E-state index in [1.807, 2.05) is 13.8 Å². The molecule has 1 rings (SSSR count). The largest absolute Gasteiger partial charge is 0.392 e. The molecule has 0 saturated heterocycles. The molecule has 1 aromatic rings. The Labute approximate surface area is 67.7 Å². The molecule has 11 heavy (non-hydrogen) atoms. The van der Waals surface area contributed by atoms with E-state index in [0.717, 1.165) is 5.56 Å². The van der Waals surface area contributed by atoms with Crippen LogP contribution in [-0.2, 0) is 6.61 Å². The van der Waals surface area contributed by atoms with Crippen LogP contribution >= 0.6 is 0 Å². The number of aliphatic hydroxyl groups is 1. The Bertz CT molecular complexity index is 241. The van der Waals surface area contributed by atoms with Crippen LogP contribution in [0.15, 0.2) is 12.1 Å². The van der Waals surface area contributed by atoms with Gasteiger partial charge >= 0.3 is 0 Å². The summed E-state index contributed by atoms with van der Waals surface area (Å²) < 4.78 is 0. The topological polar surface area (TPSA) is 20.2 Å². The molecular formula is C10H14O. The lowest BCUT2D eigenvalue weighted by Crippen LogP contribution is -1.93. The smallest absolute Gasteiger partial charge is 0.0686 e. The lowest BCUT2D eigenvalue weighted by Gasteiger charge is -2.07. The van der Waals surface area contributed by atoms with Crippen molar-refractivity contribution >= 4 is 0 Å². The van der Waals surface area contributed by atoms with Gasteiger partial charge in [0.2, 0.25) is 0 Å². The molecule has 0 aliphatic carbocycles. The van der Waals surface area contributed by atoms with E-state index in [1.54, 1.807) is 0 Å². The van der Waals surface area contributed by atoms with Crippen LogP contribution in [0, 0.1) is 20.8 Å². The van der Waals surface area contributed by atoms with Crippen molar-refractivity contribution in [3.05, 3.63) is 34.4 Å². The number of rotatable bonds is 1. The van der Waals surface area contributed by atoms with Crippen molar-refractivity contribution in [2.45, 2.75) is 27.4 Å². The first-order valence-electron chi connectivity index (χ1n) is 3.82. The summed E-state index contributed by atoms with van der Waals surface area (Å²) >= 11 is 0. The number of aliphatic hydroxyl groups excluding tert-OH is 1. The summed E-state index contributed by atoms with van der Waals surface area (Å²) in [5, 5.41) is 8.99. The highest BCUT2D eigenvalue weighted by Gasteiger charge is 2.00. The average molecular weight is 150 g/mol. The predicted octanol–water partition coefficient (Wildman–Crippen LogP) is 2.10.